The van der Waals surface area contributed by atoms with E-state index in [1.807, 2.05) is 62.4 Å². The lowest BCUT2D eigenvalue weighted by molar-refractivity contribution is -0.862. The molecule has 0 spiro atoms. The van der Waals surface area contributed by atoms with Gasteiger partial charge in [-0.05, 0) is 44.0 Å². The summed E-state index contributed by atoms with van der Waals surface area (Å²) in [7, 11) is 5.26. The van der Waals surface area contributed by atoms with Crippen molar-refractivity contribution in [1.82, 2.24) is 0 Å². The van der Waals surface area contributed by atoms with Crippen molar-refractivity contribution in [2.45, 2.75) is 13.8 Å². The first kappa shape index (κ1) is 18.8. The van der Waals surface area contributed by atoms with Crippen molar-refractivity contribution in [3.05, 3.63) is 59.7 Å². The Balaban J connectivity index is 2.06. The van der Waals surface area contributed by atoms with E-state index in [1.54, 1.807) is 0 Å². The molecule has 0 aromatic heterocycles. The molecule has 0 aliphatic rings. The summed E-state index contributed by atoms with van der Waals surface area (Å²) in [6, 6.07) is 15.4. The SMILES string of the molecule is Cc1ccc(OB(OC#CC[N+](C)(C)C)Oc2ccc(C)cc2)cc1. The van der Waals surface area contributed by atoms with E-state index >= 15 is 0 Å². The smallest absolute Gasteiger partial charge is 0.489 e. The van der Waals surface area contributed by atoms with Crippen LogP contribution in [0.4, 0.5) is 0 Å². The molecule has 0 unspecified atom stereocenters. The third kappa shape index (κ3) is 7.24. The molecular weight excluding hydrogens is 313 g/mol. The molecule has 0 aliphatic heterocycles. The van der Waals surface area contributed by atoms with Crippen molar-refractivity contribution >= 4 is 7.32 Å². The van der Waals surface area contributed by atoms with Crippen LogP contribution in [-0.4, -0.2) is 39.5 Å². The molecule has 25 heavy (non-hydrogen) atoms. The Bertz CT molecular complexity index is 677. The van der Waals surface area contributed by atoms with Crippen LogP contribution >= 0.6 is 0 Å². The average molecular weight is 338 g/mol. The van der Waals surface area contributed by atoms with Crippen LogP contribution in [0, 0.1) is 25.9 Å². The van der Waals surface area contributed by atoms with Gasteiger partial charge in [-0.15, -0.1) is 0 Å². The summed E-state index contributed by atoms with van der Waals surface area (Å²) in [6.07, 6.45) is 2.69. The summed E-state index contributed by atoms with van der Waals surface area (Å²) >= 11 is 0. The normalized spacial score (nSPS) is 10.4. The van der Waals surface area contributed by atoms with Crippen LogP contribution in [0.3, 0.4) is 0 Å². The minimum atomic E-state index is -0.939. The topological polar surface area (TPSA) is 27.7 Å². The van der Waals surface area contributed by atoms with Crippen molar-refractivity contribution < 1.29 is 18.4 Å². The molecule has 2 aromatic rings. The summed E-state index contributed by atoms with van der Waals surface area (Å²) in [6.45, 7) is 4.72. The summed E-state index contributed by atoms with van der Waals surface area (Å²) in [5.41, 5.74) is 2.32. The minimum Gasteiger partial charge on any atom is -0.489 e. The van der Waals surface area contributed by atoms with Gasteiger partial charge in [-0.3, -0.25) is 0 Å². The van der Waals surface area contributed by atoms with Gasteiger partial charge in [0.05, 0.1) is 21.1 Å². The highest BCUT2D eigenvalue weighted by Crippen LogP contribution is 2.16. The van der Waals surface area contributed by atoms with E-state index in [2.05, 4.69) is 33.2 Å². The van der Waals surface area contributed by atoms with Gasteiger partial charge in [0.2, 0.25) is 0 Å². The fourth-order valence-corrected chi connectivity index (χ4v) is 1.89. The maximum absolute atomic E-state index is 5.78. The lowest BCUT2D eigenvalue weighted by atomic mass is 10.2. The molecule has 130 valence electrons. The number of benzene rings is 2. The number of quaternary nitrogens is 1. The van der Waals surface area contributed by atoms with Crippen LogP contribution in [0.2, 0.25) is 0 Å². The first-order valence-electron chi connectivity index (χ1n) is 8.22. The van der Waals surface area contributed by atoms with Gasteiger partial charge in [-0.25, -0.2) is 0 Å². The maximum atomic E-state index is 5.78. The summed E-state index contributed by atoms with van der Waals surface area (Å²) < 4.78 is 17.8. The third-order valence-corrected chi connectivity index (χ3v) is 3.29. The minimum absolute atomic E-state index is 0.663. The van der Waals surface area contributed by atoms with Crippen LogP contribution in [0.5, 0.6) is 11.5 Å². The molecule has 0 bridgehead atoms. The lowest BCUT2D eigenvalue weighted by Crippen LogP contribution is -2.35. The molecule has 2 rings (SSSR count). The highest BCUT2D eigenvalue weighted by molar-refractivity contribution is 6.39. The number of hydrogen-bond donors (Lipinski definition) is 0. The molecule has 5 heteroatoms. The van der Waals surface area contributed by atoms with Crippen LogP contribution in [-0.2, 0) is 4.65 Å². The quantitative estimate of drug-likeness (QED) is 0.459. The Morgan fingerprint density at radius 3 is 1.64 bits per heavy atom. The molecule has 0 fully saturated rings. The lowest BCUT2D eigenvalue weighted by Gasteiger charge is -2.19. The van der Waals surface area contributed by atoms with E-state index in [9.17, 15) is 0 Å². The molecule has 0 amide bonds. The number of hydrogen-bond acceptors (Lipinski definition) is 3. The standard InChI is InChI=1S/C20H25BNO3/c1-17-7-11-19(12-8-17)24-21(23-16-6-15-22(3,4)5)25-20-13-9-18(2)10-14-20/h7-14H,15H2,1-5H3/q+1. The van der Waals surface area contributed by atoms with E-state index in [1.165, 1.54) is 0 Å². The third-order valence-electron chi connectivity index (χ3n) is 3.29. The van der Waals surface area contributed by atoms with E-state index in [0.29, 0.717) is 18.0 Å². The van der Waals surface area contributed by atoms with Crippen molar-refractivity contribution in [1.29, 1.82) is 0 Å². The Kier molecular flexibility index (Phi) is 6.38. The Morgan fingerprint density at radius 2 is 1.24 bits per heavy atom. The maximum Gasteiger partial charge on any atom is 0.873 e. The fraction of sp³-hybridized carbons (Fsp3) is 0.300. The van der Waals surface area contributed by atoms with Gasteiger partial charge in [-0.2, -0.15) is 0 Å². The molecule has 0 aliphatic carbocycles. The number of nitrogens with zero attached hydrogens (tertiary/aromatic N) is 1. The summed E-state index contributed by atoms with van der Waals surface area (Å²) in [5.74, 6) is 4.31. The fourth-order valence-electron chi connectivity index (χ4n) is 1.89. The monoisotopic (exact) mass is 338 g/mol. The highest BCUT2D eigenvalue weighted by Gasteiger charge is 2.29. The molecule has 0 atom stereocenters. The van der Waals surface area contributed by atoms with Crippen molar-refractivity contribution in [3.63, 3.8) is 0 Å². The van der Waals surface area contributed by atoms with Crippen LogP contribution < -0.4 is 9.31 Å². The molecule has 0 saturated heterocycles. The van der Waals surface area contributed by atoms with Crippen molar-refractivity contribution in [3.8, 4) is 23.5 Å². The predicted octanol–water partition coefficient (Wildman–Crippen LogP) is 3.43. The van der Waals surface area contributed by atoms with Crippen LogP contribution in [0.1, 0.15) is 11.1 Å². The second kappa shape index (κ2) is 8.50. The zero-order valence-electron chi connectivity index (χ0n) is 15.6. The van der Waals surface area contributed by atoms with Crippen molar-refractivity contribution in [2.75, 3.05) is 27.7 Å². The molecule has 0 heterocycles. The molecule has 2 aromatic carbocycles. The van der Waals surface area contributed by atoms with Gasteiger partial charge < -0.3 is 18.4 Å². The largest absolute Gasteiger partial charge is 0.873 e. The van der Waals surface area contributed by atoms with Gasteiger partial charge in [0.1, 0.15) is 24.2 Å². The van der Waals surface area contributed by atoms with E-state index in [0.717, 1.165) is 15.6 Å². The predicted molar refractivity (Wildman–Crippen MR) is 101 cm³/mol. The second-order valence-corrected chi connectivity index (χ2v) is 7.00. The highest BCUT2D eigenvalue weighted by atomic mass is 16.7. The van der Waals surface area contributed by atoms with Gasteiger partial charge in [0.15, 0.2) is 0 Å². The van der Waals surface area contributed by atoms with Crippen molar-refractivity contribution in [2.24, 2.45) is 0 Å². The van der Waals surface area contributed by atoms with Crippen LogP contribution in [0.15, 0.2) is 48.5 Å². The van der Waals surface area contributed by atoms with E-state index < -0.39 is 7.32 Å². The summed E-state index contributed by atoms with van der Waals surface area (Å²) in [4.78, 5) is 0. The van der Waals surface area contributed by atoms with Gasteiger partial charge >= 0.3 is 7.32 Å². The zero-order chi connectivity index (χ0) is 18.3. The molecule has 4 nitrogen and oxygen atoms in total. The van der Waals surface area contributed by atoms with Gasteiger partial charge in [-0.1, -0.05) is 35.4 Å². The molecule has 0 saturated carbocycles. The molecule has 0 radical (unpaired) electrons. The first-order chi connectivity index (χ1) is 11.8. The number of aryl methyl sites for hydroxylation is 2. The van der Waals surface area contributed by atoms with E-state index in [4.69, 9.17) is 14.0 Å². The molecule has 0 N–H and O–H groups in total. The van der Waals surface area contributed by atoms with E-state index in [-0.39, 0.29) is 0 Å². The first-order valence-corrected chi connectivity index (χ1v) is 8.22. The van der Waals surface area contributed by atoms with Gasteiger partial charge in [0, 0.05) is 0 Å². The Hall–Kier alpha value is -2.58. The molecular formula is C20H25BNO3+. The number of rotatable bonds is 6. The van der Waals surface area contributed by atoms with Crippen LogP contribution in [0.25, 0.3) is 0 Å². The summed E-state index contributed by atoms with van der Waals surface area (Å²) in [5, 5.41) is 0. The Labute approximate surface area is 151 Å². The zero-order valence-corrected chi connectivity index (χ0v) is 15.6. The van der Waals surface area contributed by atoms with Gasteiger partial charge in [0.25, 0.3) is 0 Å². The second-order valence-electron chi connectivity index (χ2n) is 7.00. The Morgan fingerprint density at radius 1 is 0.800 bits per heavy atom. The average Bonchev–Trinajstić information content (AvgIpc) is 2.55.